The number of hydrogen-bond donors (Lipinski definition) is 2. The highest BCUT2D eigenvalue weighted by Gasteiger charge is 2.19. The van der Waals surface area contributed by atoms with Gasteiger partial charge in [-0.3, -0.25) is 5.84 Å². The van der Waals surface area contributed by atoms with Crippen LogP contribution in [0.15, 0.2) is 84.9 Å². The van der Waals surface area contributed by atoms with Gasteiger partial charge in [-0.05, 0) is 28.8 Å². The van der Waals surface area contributed by atoms with E-state index in [1.807, 2.05) is 65.7 Å². The summed E-state index contributed by atoms with van der Waals surface area (Å²) >= 11 is 0. The second-order valence-electron chi connectivity index (χ2n) is 5.64. The summed E-state index contributed by atoms with van der Waals surface area (Å²) in [5, 5.41) is 1.87. The lowest BCUT2D eigenvalue weighted by atomic mass is 9.98. The van der Waals surface area contributed by atoms with E-state index in [-0.39, 0.29) is 6.04 Å². The standard InChI is InChI=1S/C20H21N3/c21-19-13-11-16(12-14-19)15-23(22)20(17-7-3-1-4-8-17)18-9-5-2-6-10-18/h1-14,20H,15,21-22H2. The Balaban J connectivity index is 1.90. The van der Waals surface area contributed by atoms with Crippen molar-refractivity contribution in [3.8, 4) is 0 Å². The van der Waals surface area contributed by atoms with Crippen molar-refractivity contribution in [2.45, 2.75) is 12.6 Å². The number of nitrogen functional groups attached to an aromatic ring is 1. The Kier molecular flexibility index (Phi) is 4.71. The fourth-order valence-electron chi connectivity index (χ4n) is 2.77. The quantitative estimate of drug-likeness (QED) is 0.429. The minimum Gasteiger partial charge on any atom is -0.399 e. The summed E-state index contributed by atoms with van der Waals surface area (Å²) in [6.07, 6.45) is 0. The van der Waals surface area contributed by atoms with Gasteiger partial charge in [-0.15, -0.1) is 0 Å². The number of anilines is 1. The van der Waals surface area contributed by atoms with Crippen LogP contribution in [-0.2, 0) is 6.54 Å². The molecule has 0 aliphatic rings. The molecule has 0 amide bonds. The molecule has 0 aliphatic carbocycles. The topological polar surface area (TPSA) is 55.3 Å². The number of benzene rings is 3. The molecule has 0 saturated carbocycles. The third-order valence-corrected chi connectivity index (χ3v) is 3.91. The highest BCUT2D eigenvalue weighted by atomic mass is 15.4. The molecule has 3 heteroatoms. The molecule has 116 valence electrons. The first kappa shape index (κ1) is 15.3. The number of hydrazine groups is 1. The summed E-state index contributed by atoms with van der Waals surface area (Å²) < 4.78 is 0. The van der Waals surface area contributed by atoms with Crippen molar-refractivity contribution in [2.24, 2.45) is 5.84 Å². The van der Waals surface area contributed by atoms with Crippen LogP contribution in [0.3, 0.4) is 0 Å². The molecule has 0 saturated heterocycles. The number of nitrogens with zero attached hydrogens (tertiary/aromatic N) is 1. The van der Waals surface area contributed by atoms with Crippen molar-refractivity contribution >= 4 is 5.69 Å². The van der Waals surface area contributed by atoms with E-state index in [0.29, 0.717) is 6.54 Å². The van der Waals surface area contributed by atoms with Crippen LogP contribution < -0.4 is 11.6 Å². The third kappa shape index (κ3) is 3.77. The fourth-order valence-corrected chi connectivity index (χ4v) is 2.77. The molecule has 0 fully saturated rings. The molecule has 0 atom stereocenters. The third-order valence-electron chi connectivity index (χ3n) is 3.91. The highest BCUT2D eigenvalue weighted by molar-refractivity contribution is 5.39. The monoisotopic (exact) mass is 303 g/mol. The van der Waals surface area contributed by atoms with Gasteiger partial charge in [0.2, 0.25) is 0 Å². The summed E-state index contributed by atoms with van der Waals surface area (Å²) in [5.41, 5.74) is 10.0. The summed E-state index contributed by atoms with van der Waals surface area (Å²) in [7, 11) is 0. The Morgan fingerprint density at radius 3 is 1.65 bits per heavy atom. The van der Waals surface area contributed by atoms with Crippen molar-refractivity contribution in [3.05, 3.63) is 102 Å². The van der Waals surface area contributed by atoms with Crippen LogP contribution in [0, 0.1) is 0 Å². The molecule has 0 radical (unpaired) electrons. The molecule has 3 nitrogen and oxygen atoms in total. The molecule has 4 N–H and O–H groups in total. The van der Waals surface area contributed by atoms with E-state index in [1.165, 1.54) is 11.1 Å². The van der Waals surface area contributed by atoms with Crippen LogP contribution in [0.5, 0.6) is 0 Å². The van der Waals surface area contributed by atoms with Gasteiger partial charge in [-0.2, -0.15) is 0 Å². The summed E-state index contributed by atoms with van der Waals surface area (Å²) in [4.78, 5) is 0. The van der Waals surface area contributed by atoms with E-state index in [2.05, 4.69) is 24.3 Å². The molecule has 0 heterocycles. The SMILES string of the molecule is Nc1ccc(CN(N)C(c2ccccc2)c2ccccc2)cc1. The molecule has 0 bridgehead atoms. The molecule has 23 heavy (non-hydrogen) atoms. The molecular weight excluding hydrogens is 282 g/mol. The predicted molar refractivity (Wildman–Crippen MR) is 95.3 cm³/mol. The summed E-state index contributed by atoms with van der Waals surface area (Å²) in [6.45, 7) is 0.648. The predicted octanol–water partition coefficient (Wildman–Crippen LogP) is 3.73. The van der Waals surface area contributed by atoms with Gasteiger partial charge >= 0.3 is 0 Å². The summed E-state index contributed by atoms with van der Waals surface area (Å²) in [6, 6.07) is 28.5. The maximum Gasteiger partial charge on any atom is 0.0744 e. The van der Waals surface area contributed by atoms with E-state index < -0.39 is 0 Å². The lowest BCUT2D eigenvalue weighted by Crippen LogP contribution is -2.35. The van der Waals surface area contributed by atoms with Crippen LogP contribution in [0.2, 0.25) is 0 Å². The first-order chi connectivity index (χ1) is 11.2. The van der Waals surface area contributed by atoms with E-state index in [1.54, 1.807) is 0 Å². The van der Waals surface area contributed by atoms with Crippen LogP contribution >= 0.6 is 0 Å². The molecular formula is C20H21N3. The molecule has 3 aromatic rings. The average Bonchev–Trinajstić information content (AvgIpc) is 2.59. The van der Waals surface area contributed by atoms with Crippen LogP contribution in [0.25, 0.3) is 0 Å². The largest absolute Gasteiger partial charge is 0.399 e. The number of rotatable bonds is 5. The van der Waals surface area contributed by atoms with Gasteiger partial charge in [0, 0.05) is 12.2 Å². The highest BCUT2D eigenvalue weighted by Crippen LogP contribution is 2.27. The van der Waals surface area contributed by atoms with E-state index in [9.17, 15) is 0 Å². The van der Waals surface area contributed by atoms with Gasteiger partial charge in [0.15, 0.2) is 0 Å². The Hall–Kier alpha value is -2.62. The van der Waals surface area contributed by atoms with E-state index >= 15 is 0 Å². The maximum absolute atomic E-state index is 6.45. The van der Waals surface area contributed by atoms with Crippen molar-refractivity contribution in [3.63, 3.8) is 0 Å². The molecule has 0 aliphatic heterocycles. The minimum absolute atomic E-state index is 0.00922. The second-order valence-corrected chi connectivity index (χ2v) is 5.64. The normalized spacial score (nSPS) is 11.1. The number of hydrogen-bond acceptors (Lipinski definition) is 3. The smallest absolute Gasteiger partial charge is 0.0744 e. The van der Waals surface area contributed by atoms with Gasteiger partial charge in [0.25, 0.3) is 0 Å². The van der Waals surface area contributed by atoms with Gasteiger partial charge in [-0.1, -0.05) is 72.8 Å². The van der Waals surface area contributed by atoms with Crippen molar-refractivity contribution in [1.29, 1.82) is 0 Å². The van der Waals surface area contributed by atoms with Crippen LogP contribution in [0.1, 0.15) is 22.7 Å². The zero-order valence-corrected chi connectivity index (χ0v) is 13.0. The van der Waals surface area contributed by atoms with Crippen molar-refractivity contribution in [2.75, 3.05) is 5.73 Å². The van der Waals surface area contributed by atoms with Gasteiger partial charge in [0.1, 0.15) is 0 Å². The lowest BCUT2D eigenvalue weighted by Gasteiger charge is -2.28. The van der Waals surface area contributed by atoms with Gasteiger partial charge < -0.3 is 5.73 Å². The molecule has 3 rings (SSSR count). The molecule has 0 unspecified atom stereocenters. The second kappa shape index (κ2) is 7.09. The van der Waals surface area contributed by atoms with Crippen molar-refractivity contribution in [1.82, 2.24) is 5.01 Å². The van der Waals surface area contributed by atoms with Gasteiger partial charge in [0.05, 0.1) is 6.04 Å². The maximum atomic E-state index is 6.45. The molecule has 0 spiro atoms. The Labute approximate surface area is 137 Å². The zero-order valence-electron chi connectivity index (χ0n) is 13.0. The number of nitrogens with two attached hydrogens (primary N) is 2. The van der Waals surface area contributed by atoms with E-state index in [0.717, 1.165) is 11.3 Å². The lowest BCUT2D eigenvalue weighted by molar-refractivity contribution is 0.222. The fraction of sp³-hybridized carbons (Fsp3) is 0.100. The Bertz CT molecular complexity index is 684. The minimum atomic E-state index is 0.00922. The molecule has 3 aromatic carbocycles. The summed E-state index contributed by atoms with van der Waals surface area (Å²) in [5.74, 6) is 6.45. The van der Waals surface area contributed by atoms with Crippen molar-refractivity contribution < 1.29 is 0 Å². The Morgan fingerprint density at radius 1 is 0.696 bits per heavy atom. The molecule has 0 aromatic heterocycles. The van der Waals surface area contributed by atoms with Crippen LogP contribution in [0.4, 0.5) is 5.69 Å². The van der Waals surface area contributed by atoms with Gasteiger partial charge in [-0.25, -0.2) is 5.01 Å². The zero-order chi connectivity index (χ0) is 16.1. The first-order valence-corrected chi connectivity index (χ1v) is 7.69. The van der Waals surface area contributed by atoms with E-state index in [4.69, 9.17) is 11.6 Å². The van der Waals surface area contributed by atoms with Crippen LogP contribution in [-0.4, -0.2) is 5.01 Å². The first-order valence-electron chi connectivity index (χ1n) is 7.69. The average molecular weight is 303 g/mol. The Morgan fingerprint density at radius 2 is 1.17 bits per heavy atom.